The Labute approximate surface area is 238 Å². The molecule has 4 nitrogen and oxygen atoms in total. The number of fused-ring (bicyclic) bond motifs is 3. The highest BCUT2D eigenvalue weighted by molar-refractivity contribution is 6.04. The quantitative estimate of drug-likeness (QED) is 0.203. The number of halogens is 3. The molecule has 0 spiro atoms. The van der Waals surface area contributed by atoms with Crippen molar-refractivity contribution in [3.05, 3.63) is 46.8 Å². The molecule has 0 atom stereocenters. The Morgan fingerprint density at radius 1 is 1.02 bits per heavy atom. The van der Waals surface area contributed by atoms with Crippen molar-refractivity contribution in [2.75, 3.05) is 18.5 Å². The van der Waals surface area contributed by atoms with Gasteiger partial charge in [-0.1, -0.05) is 64.9 Å². The zero-order chi connectivity index (χ0) is 28.8. The highest BCUT2D eigenvalue weighted by Crippen LogP contribution is 2.46. The number of hydrogen-bond donors (Lipinski definition) is 3. The lowest BCUT2D eigenvalue weighted by Crippen LogP contribution is -2.46. The second kappa shape index (κ2) is 13.6. The van der Waals surface area contributed by atoms with Crippen molar-refractivity contribution in [2.45, 2.75) is 123 Å². The monoisotopic (exact) mass is 559 g/mol. The molecule has 0 amide bonds. The van der Waals surface area contributed by atoms with E-state index < -0.39 is 11.7 Å². The van der Waals surface area contributed by atoms with Gasteiger partial charge in [0.15, 0.2) is 0 Å². The number of allylic oxidation sites excluding steroid dienone is 3. The van der Waals surface area contributed by atoms with Crippen LogP contribution in [-0.4, -0.2) is 34.5 Å². The molecule has 0 radical (unpaired) electrons. The van der Waals surface area contributed by atoms with Crippen LogP contribution in [0.2, 0.25) is 0 Å². The lowest BCUT2D eigenvalue weighted by Gasteiger charge is -2.28. The summed E-state index contributed by atoms with van der Waals surface area (Å²) < 4.78 is 45.1. The lowest BCUT2D eigenvalue weighted by molar-refractivity contribution is -0.0688. The van der Waals surface area contributed by atoms with Gasteiger partial charge in [-0.15, -0.1) is 0 Å². The zero-order valence-electron chi connectivity index (χ0n) is 24.7. The lowest BCUT2D eigenvalue weighted by atomic mass is 9.92. The maximum atomic E-state index is 14.3. The Bertz CT molecular complexity index is 1200. The van der Waals surface area contributed by atoms with Gasteiger partial charge in [0.05, 0.1) is 12.2 Å². The first-order valence-electron chi connectivity index (χ1n) is 15.5. The standard InChI is InChI=1S/C33H48F3N3O/c1-4-15-25-22-26(33(34,35)36)31-27(38-25)16-17-29-30(31)24(3)28(5-2)39(29)21-14-10-8-6-7-9-13-20-37-32(23-40)18-11-12-19-32/h15-17,22,37-38,40H,4-14,18-21,23H2,1-3H3/b25-15-. The van der Waals surface area contributed by atoms with E-state index in [4.69, 9.17) is 0 Å². The molecule has 1 aliphatic heterocycles. The van der Waals surface area contributed by atoms with Gasteiger partial charge >= 0.3 is 6.18 Å². The fourth-order valence-electron chi connectivity index (χ4n) is 6.83. The SMILES string of the molecule is CC/C=C1/C=C(C(F)(F)F)c2c(ccc3c2c(C)c(CC)n3CCCCCCCCCNC2(CO)CCCC2)N1. The first kappa shape index (κ1) is 30.7. The number of benzene rings is 1. The third-order valence-corrected chi connectivity index (χ3v) is 8.94. The molecule has 0 bridgehead atoms. The van der Waals surface area contributed by atoms with Crippen LogP contribution in [0.15, 0.2) is 30.0 Å². The highest BCUT2D eigenvalue weighted by Gasteiger charge is 2.39. The van der Waals surface area contributed by atoms with Gasteiger partial charge in [-0.05, 0) is 75.8 Å². The maximum absolute atomic E-state index is 14.3. The van der Waals surface area contributed by atoms with Crippen LogP contribution in [0.4, 0.5) is 18.9 Å². The van der Waals surface area contributed by atoms with Crippen molar-refractivity contribution in [2.24, 2.45) is 0 Å². The number of aryl methyl sites for hydroxylation is 2. The number of nitrogens with zero attached hydrogens (tertiary/aromatic N) is 1. The Hall–Kier alpha value is -2.25. The van der Waals surface area contributed by atoms with E-state index in [9.17, 15) is 18.3 Å². The van der Waals surface area contributed by atoms with E-state index in [1.165, 1.54) is 44.6 Å². The molecule has 1 fully saturated rings. The molecule has 3 N–H and O–H groups in total. The molecule has 2 heterocycles. The highest BCUT2D eigenvalue weighted by atomic mass is 19.4. The minimum Gasteiger partial charge on any atom is -0.394 e. The van der Waals surface area contributed by atoms with Crippen molar-refractivity contribution >= 4 is 22.2 Å². The van der Waals surface area contributed by atoms with Gasteiger partial charge in [0.2, 0.25) is 0 Å². The molecule has 1 aromatic heterocycles. The first-order valence-corrected chi connectivity index (χ1v) is 15.5. The summed E-state index contributed by atoms with van der Waals surface area (Å²) in [5.74, 6) is 0. The number of anilines is 1. The van der Waals surface area contributed by atoms with Crippen molar-refractivity contribution in [3.63, 3.8) is 0 Å². The van der Waals surface area contributed by atoms with E-state index in [-0.39, 0.29) is 17.7 Å². The van der Waals surface area contributed by atoms with Crippen molar-refractivity contribution in [1.29, 1.82) is 0 Å². The summed E-state index contributed by atoms with van der Waals surface area (Å²) in [6.07, 6.45) is 12.8. The summed E-state index contributed by atoms with van der Waals surface area (Å²) in [5.41, 5.74) is 3.76. The molecule has 7 heteroatoms. The predicted molar refractivity (Wildman–Crippen MR) is 161 cm³/mol. The molecule has 1 aliphatic carbocycles. The molecule has 40 heavy (non-hydrogen) atoms. The molecule has 2 aliphatic rings. The molecule has 222 valence electrons. The van der Waals surface area contributed by atoms with E-state index in [2.05, 4.69) is 22.1 Å². The summed E-state index contributed by atoms with van der Waals surface area (Å²) in [6, 6.07) is 3.82. The van der Waals surface area contributed by atoms with E-state index in [0.717, 1.165) is 73.8 Å². The van der Waals surface area contributed by atoms with Gasteiger partial charge in [0, 0.05) is 45.6 Å². The Morgan fingerprint density at radius 3 is 2.33 bits per heavy atom. The van der Waals surface area contributed by atoms with Gasteiger partial charge in [0.1, 0.15) is 0 Å². The molecule has 2 aromatic rings. The zero-order valence-corrected chi connectivity index (χ0v) is 24.7. The van der Waals surface area contributed by atoms with Crippen LogP contribution in [0.3, 0.4) is 0 Å². The molecular formula is C33H48F3N3O. The molecule has 1 saturated carbocycles. The summed E-state index contributed by atoms with van der Waals surface area (Å²) in [4.78, 5) is 0. The van der Waals surface area contributed by atoms with E-state index >= 15 is 0 Å². The van der Waals surface area contributed by atoms with Gasteiger partial charge in [-0.3, -0.25) is 0 Å². The second-order valence-corrected chi connectivity index (χ2v) is 11.8. The number of unbranched alkanes of at least 4 members (excludes halogenated alkanes) is 6. The Morgan fingerprint density at radius 2 is 1.70 bits per heavy atom. The normalized spacial score (nSPS) is 17.9. The fourth-order valence-corrected chi connectivity index (χ4v) is 6.83. The van der Waals surface area contributed by atoms with Crippen LogP contribution in [0, 0.1) is 6.92 Å². The predicted octanol–water partition coefficient (Wildman–Crippen LogP) is 8.80. The number of aliphatic hydroxyl groups is 1. The molecule has 0 saturated heterocycles. The van der Waals surface area contributed by atoms with Gasteiger partial charge in [0.25, 0.3) is 0 Å². The van der Waals surface area contributed by atoms with E-state index in [1.54, 1.807) is 6.08 Å². The van der Waals surface area contributed by atoms with Crippen LogP contribution >= 0.6 is 0 Å². The largest absolute Gasteiger partial charge is 0.417 e. The number of alkyl halides is 3. The minimum absolute atomic E-state index is 0.0201. The van der Waals surface area contributed by atoms with Crippen molar-refractivity contribution < 1.29 is 18.3 Å². The minimum atomic E-state index is -4.42. The van der Waals surface area contributed by atoms with Crippen LogP contribution in [-0.2, 0) is 13.0 Å². The van der Waals surface area contributed by atoms with Gasteiger partial charge < -0.3 is 20.3 Å². The van der Waals surface area contributed by atoms with Gasteiger partial charge in [-0.25, -0.2) is 0 Å². The number of rotatable bonds is 14. The topological polar surface area (TPSA) is 49.2 Å². The van der Waals surface area contributed by atoms with Crippen LogP contribution in [0.1, 0.15) is 108 Å². The second-order valence-electron chi connectivity index (χ2n) is 11.8. The smallest absolute Gasteiger partial charge is 0.394 e. The average molecular weight is 560 g/mol. The fraction of sp³-hybridized carbons (Fsp3) is 0.636. The summed E-state index contributed by atoms with van der Waals surface area (Å²) in [5, 5.41) is 17.3. The molecular weight excluding hydrogens is 511 g/mol. The van der Waals surface area contributed by atoms with Gasteiger partial charge in [-0.2, -0.15) is 13.2 Å². The van der Waals surface area contributed by atoms with Crippen LogP contribution < -0.4 is 10.6 Å². The summed E-state index contributed by atoms with van der Waals surface area (Å²) in [7, 11) is 0. The third kappa shape index (κ3) is 6.79. The van der Waals surface area contributed by atoms with Crippen LogP contribution in [0.5, 0.6) is 0 Å². The average Bonchev–Trinajstić information content (AvgIpc) is 3.51. The molecule has 1 aromatic carbocycles. The van der Waals surface area contributed by atoms with Crippen LogP contribution in [0.25, 0.3) is 16.5 Å². The Kier molecular flexibility index (Phi) is 10.4. The molecule has 0 unspecified atom stereocenters. The number of hydrogen-bond acceptors (Lipinski definition) is 3. The number of aliphatic hydroxyl groups excluding tert-OH is 1. The number of aromatic nitrogens is 1. The number of nitrogens with one attached hydrogen (secondary N) is 2. The summed E-state index contributed by atoms with van der Waals surface area (Å²) in [6.45, 7) is 8.07. The van der Waals surface area contributed by atoms with E-state index in [0.29, 0.717) is 17.8 Å². The van der Waals surface area contributed by atoms with Crippen molar-refractivity contribution in [3.8, 4) is 0 Å². The third-order valence-electron chi connectivity index (χ3n) is 8.94. The van der Waals surface area contributed by atoms with Crippen molar-refractivity contribution in [1.82, 2.24) is 9.88 Å². The maximum Gasteiger partial charge on any atom is 0.417 e. The molecule has 4 rings (SSSR count). The van der Waals surface area contributed by atoms with E-state index in [1.807, 2.05) is 26.0 Å². The Balaban J connectivity index is 1.35. The first-order chi connectivity index (χ1) is 19.2. The summed E-state index contributed by atoms with van der Waals surface area (Å²) >= 11 is 0.